The first-order valence-corrected chi connectivity index (χ1v) is 8.69. The summed E-state index contributed by atoms with van der Waals surface area (Å²) in [6, 6.07) is 1.84. The molecule has 3 aliphatic heterocycles. The van der Waals surface area contributed by atoms with Gasteiger partial charge in [-0.05, 0) is 0 Å². The Kier molecular flexibility index (Phi) is 4.80. The van der Waals surface area contributed by atoms with Crippen molar-refractivity contribution in [3.05, 3.63) is 12.0 Å². The Labute approximate surface area is 136 Å². The van der Waals surface area contributed by atoms with Crippen LogP contribution in [0.3, 0.4) is 0 Å². The van der Waals surface area contributed by atoms with Gasteiger partial charge in [0, 0.05) is 12.6 Å². The summed E-state index contributed by atoms with van der Waals surface area (Å²) < 4.78 is 46.6. The molecule has 0 bridgehead atoms. The zero-order valence-electron chi connectivity index (χ0n) is 12.4. The minimum absolute atomic E-state index is 0.0321. The molecule has 0 saturated carbocycles. The summed E-state index contributed by atoms with van der Waals surface area (Å²) in [6.07, 6.45) is -1.71. The summed E-state index contributed by atoms with van der Waals surface area (Å²) in [5, 5.41) is 8.45. The molecular formula is C13H14FN2O7P. The van der Waals surface area contributed by atoms with Crippen molar-refractivity contribution in [2.45, 2.75) is 37.7 Å². The van der Waals surface area contributed by atoms with Crippen molar-refractivity contribution in [2.75, 3.05) is 13.2 Å². The molecule has 2 fully saturated rings. The van der Waals surface area contributed by atoms with Crippen molar-refractivity contribution in [3.63, 3.8) is 0 Å². The van der Waals surface area contributed by atoms with Crippen molar-refractivity contribution in [1.29, 1.82) is 5.26 Å². The number of hydrogen-bond donors (Lipinski definition) is 0. The number of rotatable bonds is 4. The Bertz CT molecular complexity index is 676. The largest absolute Gasteiger partial charge is 0.475 e. The van der Waals surface area contributed by atoms with E-state index in [1.165, 1.54) is 0 Å². The molecule has 0 aromatic carbocycles. The molecule has 3 aliphatic rings. The van der Waals surface area contributed by atoms with E-state index in [1.807, 2.05) is 6.07 Å². The molecule has 0 radical (unpaired) electrons. The van der Waals surface area contributed by atoms with Crippen LogP contribution in [0.15, 0.2) is 12.0 Å². The predicted octanol–water partition coefficient (Wildman–Crippen LogP) is 1.17. The maximum Gasteiger partial charge on any atom is 0.475 e. The number of ketones is 1. The van der Waals surface area contributed by atoms with Crippen molar-refractivity contribution in [1.82, 2.24) is 4.90 Å². The van der Waals surface area contributed by atoms with Gasteiger partial charge in [0.15, 0.2) is 5.83 Å². The lowest BCUT2D eigenvalue weighted by molar-refractivity contribution is -0.146. The first kappa shape index (κ1) is 17.2. The molecule has 1 unspecified atom stereocenters. The van der Waals surface area contributed by atoms with Crippen LogP contribution in [0.1, 0.15) is 19.3 Å². The van der Waals surface area contributed by atoms with E-state index in [0.717, 1.165) is 11.1 Å². The van der Waals surface area contributed by atoms with Crippen LogP contribution in [0.5, 0.6) is 0 Å². The third-order valence-corrected chi connectivity index (χ3v) is 5.23. The molecule has 0 aromatic heterocycles. The summed E-state index contributed by atoms with van der Waals surface area (Å²) in [7, 11) is -3.80. The van der Waals surface area contributed by atoms with E-state index in [0.29, 0.717) is 0 Å². The fraction of sp³-hybridized carbons (Fsp3) is 0.615. The second kappa shape index (κ2) is 6.70. The van der Waals surface area contributed by atoms with Crippen LogP contribution in [0.25, 0.3) is 0 Å². The molecule has 3 heterocycles. The second-order valence-electron chi connectivity index (χ2n) is 5.37. The van der Waals surface area contributed by atoms with Gasteiger partial charge in [0.05, 0.1) is 32.1 Å². The minimum Gasteiger partial charge on any atom is -0.349 e. The smallest absolute Gasteiger partial charge is 0.349 e. The number of fused-ring (bicyclic) bond motifs is 1. The number of nitriles is 1. The van der Waals surface area contributed by atoms with Gasteiger partial charge in [-0.2, -0.15) is 5.26 Å². The van der Waals surface area contributed by atoms with Crippen molar-refractivity contribution in [2.24, 2.45) is 0 Å². The number of phosphoric acid groups is 1. The van der Waals surface area contributed by atoms with Crippen LogP contribution >= 0.6 is 7.82 Å². The number of Topliss-reactive ketones (excluding diaryl/α,β-unsaturated/α-hetero) is 1. The molecule has 4 atom stereocenters. The molecule has 24 heavy (non-hydrogen) atoms. The van der Waals surface area contributed by atoms with Gasteiger partial charge < -0.3 is 4.74 Å². The number of hydrogen-bond acceptors (Lipinski definition) is 8. The number of carbonyl (C=O) groups is 2. The number of amides is 1. The number of carbonyl (C=O) groups excluding carboxylic acids is 2. The van der Waals surface area contributed by atoms with Crippen LogP contribution in [-0.2, 0) is 32.5 Å². The van der Waals surface area contributed by atoms with E-state index in [9.17, 15) is 18.5 Å². The second-order valence-corrected chi connectivity index (χ2v) is 6.99. The number of halogens is 1. The van der Waals surface area contributed by atoms with Crippen LogP contribution in [0.4, 0.5) is 4.39 Å². The maximum atomic E-state index is 13.4. The van der Waals surface area contributed by atoms with E-state index >= 15 is 0 Å². The molecule has 11 heteroatoms. The lowest BCUT2D eigenvalue weighted by Crippen LogP contribution is -2.40. The molecule has 3 rings (SSSR count). The highest BCUT2D eigenvalue weighted by Gasteiger charge is 2.49. The Morgan fingerprint density at radius 3 is 3.00 bits per heavy atom. The van der Waals surface area contributed by atoms with Gasteiger partial charge in [0.1, 0.15) is 18.4 Å². The van der Waals surface area contributed by atoms with Crippen molar-refractivity contribution >= 4 is 19.5 Å². The molecule has 0 spiro atoms. The Morgan fingerprint density at radius 2 is 2.25 bits per heavy atom. The highest BCUT2D eigenvalue weighted by Crippen LogP contribution is 2.56. The zero-order chi connectivity index (χ0) is 17.3. The van der Waals surface area contributed by atoms with Crippen molar-refractivity contribution in [3.8, 4) is 6.07 Å². The highest BCUT2D eigenvalue weighted by atomic mass is 31.2. The average molecular weight is 360 g/mol. The standard InChI is InChI=1S/C13H14FN2O7P/c14-8-6-16(12(18)4-9(8)17)13-5-10-11(22-13)7-21-24(19,23-10)20-3-1-2-15/h6,10-11,13H,1,3-5,7H2/t10-,11+,13+,24?/m0/s1. The topological polar surface area (TPSA) is 115 Å². The predicted molar refractivity (Wildman–Crippen MR) is 73.6 cm³/mol. The molecule has 0 aromatic rings. The lowest BCUT2D eigenvalue weighted by Gasteiger charge is -2.29. The maximum absolute atomic E-state index is 13.4. The van der Waals surface area contributed by atoms with Gasteiger partial charge >= 0.3 is 7.82 Å². The quantitative estimate of drug-likeness (QED) is 0.417. The van der Waals surface area contributed by atoms with Crippen LogP contribution < -0.4 is 0 Å². The Morgan fingerprint density at radius 1 is 1.46 bits per heavy atom. The number of nitrogens with zero attached hydrogens (tertiary/aromatic N) is 2. The number of allylic oxidation sites excluding steroid dienone is 1. The fourth-order valence-electron chi connectivity index (χ4n) is 2.59. The zero-order valence-corrected chi connectivity index (χ0v) is 13.3. The summed E-state index contributed by atoms with van der Waals surface area (Å²) in [6.45, 7) is -0.186. The third kappa shape index (κ3) is 3.41. The summed E-state index contributed by atoms with van der Waals surface area (Å²) in [4.78, 5) is 24.0. The molecule has 2 saturated heterocycles. The van der Waals surface area contributed by atoms with Crippen molar-refractivity contribution < 1.29 is 36.9 Å². The van der Waals surface area contributed by atoms with Crippen LogP contribution in [-0.4, -0.2) is 48.2 Å². The van der Waals surface area contributed by atoms with E-state index in [4.69, 9.17) is 23.6 Å². The first-order valence-electron chi connectivity index (χ1n) is 7.23. The Balaban J connectivity index is 1.65. The Hall–Kier alpha value is -1.63. The van der Waals surface area contributed by atoms with Gasteiger partial charge in [-0.1, -0.05) is 0 Å². The van der Waals surface area contributed by atoms with Crippen LogP contribution in [0, 0.1) is 11.3 Å². The van der Waals surface area contributed by atoms with Gasteiger partial charge in [-0.3, -0.25) is 28.1 Å². The summed E-state index contributed by atoms with van der Waals surface area (Å²) >= 11 is 0. The fourth-order valence-corrected chi connectivity index (χ4v) is 3.98. The normalized spacial score (nSPS) is 36.2. The monoisotopic (exact) mass is 360 g/mol. The number of phosphoric ester groups is 1. The first-order chi connectivity index (χ1) is 11.4. The van der Waals surface area contributed by atoms with Gasteiger partial charge in [-0.15, -0.1) is 0 Å². The van der Waals surface area contributed by atoms with Gasteiger partial charge in [-0.25, -0.2) is 8.96 Å². The molecule has 9 nitrogen and oxygen atoms in total. The highest BCUT2D eigenvalue weighted by molar-refractivity contribution is 7.48. The SMILES string of the molecule is N#CCCOP1(=O)OC[C@H]2O[C@@H](N3C=C(F)C(=O)CC3=O)C[C@@H]2O1. The molecule has 1 amide bonds. The van der Waals surface area contributed by atoms with E-state index in [1.54, 1.807) is 0 Å². The average Bonchev–Trinajstić information content (AvgIpc) is 2.93. The number of ether oxygens (including phenoxy) is 1. The molecular weight excluding hydrogens is 346 g/mol. The minimum atomic E-state index is -3.80. The van der Waals surface area contributed by atoms with E-state index in [2.05, 4.69) is 0 Å². The van der Waals surface area contributed by atoms with Crippen LogP contribution in [0.2, 0.25) is 0 Å². The molecule has 0 N–H and O–H groups in total. The van der Waals surface area contributed by atoms with E-state index < -0.39 is 50.2 Å². The van der Waals surface area contributed by atoms with E-state index in [-0.39, 0.29) is 26.1 Å². The van der Waals surface area contributed by atoms with Gasteiger partial charge in [0.2, 0.25) is 11.7 Å². The summed E-state index contributed by atoms with van der Waals surface area (Å²) in [5.41, 5.74) is 0. The lowest BCUT2D eigenvalue weighted by atomic mass is 10.1. The molecule has 0 aliphatic carbocycles. The van der Waals surface area contributed by atoms with Gasteiger partial charge in [0.25, 0.3) is 0 Å². The third-order valence-electron chi connectivity index (χ3n) is 3.73. The summed E-state index contributed by atoms with van der Waals surface area (Å²) in [5.74, 6) is -2.48. The molecule has 130 valence electrons.